The van der Waals surface area contributed by atoms with Gasteiger partial charge >= 0.3 is 6.09 Å². The molecule has 0 aliphatic heterocycles. The first-order valence-electron chi connectivity index (χ1n) is 10.6. The average molecular weight is 411 g/mol. The third kappa shape index (κ3) is 6.15. The molecule has 1 aliphatic carbocycles. The Balaban J connectivity index is 1.85. The molecule has 1 fully saturated rings. The van der Waals surface area contributed by atoms with Crippen LogP contribution in [0.15, 0.2) is 42.5 Å². The van der Waals surface area contributed by atoms with Gasteiger partial charge in [-0.3, -0.25) is 0 Å². The lowest BCUT2D eigenvalue weighted by atomic mass is 9.81. The molecule has 1 aliphatic rings. The van der Waals surface area contributed by atoms with Gasteiger partial charge in [0.1, 0.15) is 12.2 Å². The number of carbonyl (C=O) groups excluding carboxylic acids is 1. The van der Waals surface area contributed by atoms with E-state index < -0.39 is 11.7 Å². The number of nitrogens with one attached hydrogen (secondary N) is 1. The van der Waals surface area contributed by atoms with Crippen LogP contribution in [0.5, 0.6) is 11.5 Å². The first kappa shape index (κ1) is 22.0. The van der Waals surface area contributed by atoms with Crippen LogP contribution in [0, 0.1) is 6.92 Å². The van der Waals surface area contributed by atoms with E-state index in [1.54, 1.807) is 0 Å². The Bertz CT molecular complexity index is 836. The smallest absolute Gasteiger partial charge is 0.441 e. The van der Waals surface area contributed by atoms with Crippen molar-refractivity contribution in [2.75, 3.05) is 0 Å². The van der Waals surface area contributed by atoms with Gasteiger partial charge in [0.2, 0.25) is 5.75 Å². The standard InChI is InChI=1S/C25H32NO4/c1-18-15-16-21(28-17-19-11-7-5-8-12-19)23(22(18)20-13-9-6-10-14-20)30-26-24(27)29-25(2,3)4/h5,7-8,11-12,15-16,20H,1,6,9-10,13-14,17H2,2-4H3,(H,26,27). The van der Waals surface area contributed by atoms with Gasteiger partial charge < -0.3 is 14.3 Å². The van der Waals surface area contributed by atoms with E-state index >= 15 is 0 Å². The quantitative estimate of drug-likeness (QED) is 0.567. The highest BCUT2D eigenvalue weighted by atomic mass is 16.7. The highest BCUT2D eigenvalue weighted by Crippen LogP contribution is 2.43. The van der Waals surface area contributed by atoms with Crippen LogP contribution >= 0.6 is 0 Å². The molecule has 0 aromatic heterocycles. The Kier molecular flexibility index (Phi) is 7.24. The fourth-order valence-corrected chi connectivity index (χ4v) is 3.81. The molecule has 0 spiro atoms. The van der Waals surface area contributed by atoms with E-state index in [0.717, 1.165) is 29.5 Å². The predicted octanol–water partition coefficient (Wildman–Crippen LogP) is 6.31. The molecular weight excluding hydrogens is 378 g/mol. The summed E-state index contributed by atoms with van der Waals surface area (Å²) in [5.41, 5.74) is 4.79. The summed E-state index contributed by atoms with van der Waals surface area (Å²) in [5, 5.41) is 0. The molecular formula is C25H32NO4. The van der Waals surface area contributed by atoms with Gasteiger partial charge in [-0.15, -0.1) is 0 Å². The molecule has 0 saturated heterocycles. The lowest BCUT2D eigenvalue weighted by Gasteiger charge is -2.27. The first-order valence-corrected chi connectivity index (χ1v) is 10.6. The average Bonchev–Trinajstić information content (AvgIpc) is 2.71. The molecule has 5 nitrogen and oxygen atoms in total. The third-order valence-electron chi connectivity index (χ3n) is 5.14. The summed E-state index contributed by atoms with van der Waals surface area (Å²) in [5.74, 6) is 1.45. The fraction of sp³-hybridized carbons (Fsp3) is 0.440. The number of hydroxylamine groups is 1. The monoisotopic (exact) mass is 410 g/mol. The first-order chi connectivity index (χ1) is 14.3. The largest absolute Gasteiger partial charge is 0.485 e. The summed E-state index contributed by atoms with van der Waals surface area (Å²) >= 11 is 0. The zero-order valence-electron chi connectivity index (χ0n) is 18.2. The van der Waals surface area contributed by atoms with Crippen molar-refractivity contribution in [2.24, 2.45) is 0 Å². The number of benzene rings is 2. The van der Waals surface area contributed by atoms with E-state index in [4.69, 9.17) is 14.3 Å². The van der Waals surface area contributed by atoms with E-state index in [-0.39, 0.29) is 0 Å². The molecule has 0 atom stereocenters. The molecule has 161 valence electrons. The van der Waals surface area contributed by atoms with Gasteiger partial charge in [-0.2, -0.15) is 5.48 Å². The number of rotatable bonds is 6. The predicted molar refractivity (Wildman–Crippen MR) is 117 cm³/mol. The molecule has 2 aromatic carbocycles. The van der Waals surface area contributed by atoms with E-state index in [9.17, 15) is 4.79 Å². The summed E-state index contributed by atoms with van der Waals surface area (Å²) in [4.78, 5) is 18.0. The van der Waals surface area contributed by atoms with Crippen LogP contribution in [0.2, 0.25) is 0 Å². The molecule has 5 heteroatoms. The normalized spacial score (nSPS) is 14.8. The van der Waals surface area contributed by atoms with Gasteiger partial charge in [0.15, 0.2) is 5.75 Å². The Hall–Kier alpha value is -2.69. The van der Waals surface area contributed by atoms with Crippen molar-refractivity contribution in [1.29, 1.82) is 0 Å². The highest BCUT2D eigenvalue weighted by molar-refractivity contribution is 5.67. The molecule has 1 saturated carbocycles. The second-order valence-corrected chi connectivity index (χ2v) is 8.78. The zero-order chi connectivity index (χ0) is 21.6. The van der Waals surface area contributed by atoms with Crippen LogP contribution in [0.1, 0.15) is 75.5 Å². The maximum Gasteiger partial charge on any atom is 0.441 e. The summed E-state index contributed by atoms with van der Waals surface area (Å²) in [7, 11) is 0. The van der Waals surface area contributed by atoms with Crippen molar-refractivity contribution in [3.8, 4) is 11.5 Å². The Morgan fingerprint density at radius 2 is 1.77 bits per heavy atom. The maximum atomic E-state index is 12.2. The second-order valence-electron chi connectivity index (χ2n) is 8.78. The van der Waals surface area contributed by atoms with E-state index in [1.165, 1.54) is 19.3 Å². The van der Waals surface area contributed by atoms with Crippen molar-refractivity contribution in [2.45, 2.75) is 71.0 Å². The SMILES string of the molecule is [CH2]c1ccc(OCc2ccccc2)c(ONC(=O)OC(C)(C)C)c1C1CCCCC1. The lowest BCUT2D eigenvalue weighted by Crippen LogP contribution is -2.34. The Labute approximate surface area is 179 Å². The molecule has 1 N–H and O–H groups in total. The summed E-state index contributed by atoms with van der Waals surface area (Å²) < 4.78 is 11.4. The second kappa shape index (κ2) is 9.88. The topological polar surface area (TPSA) is 56.8 Å². The summed E-state index contributed by atoms with van der Waals surface area (Å²) in [6.07, 6.45) is 5.12. The van der Waals surface area contributed by atoms with Crippen molar-refractivity contribution < 1.29 is 19.1 Å². The van der Waals surface area contributed by atoms with E-state index in [0.29, 0.717) is 24.0 Å². The summed E-state index contributed by atoms with van der Waals surface area (Å²) in [6.45, 7) is 10.1. The molecule has 30 heavy (non-hydrogen) atoms. The fourth-order valence-electron chi connectivity index (χ4n) is 3.81. The van der Waals surface area contributed by atoms with Gasteiger partial charge in [0.25, 0.3) is 0 Å². The van der Waals surface area contributed by atoms with Gasteiger partial charge in [0.05, 0.1) is 0 Å². The maximum absolute atomic E-state index is 12.2. The lowest BCUT2D eigenvalue weighted by molar-refractivity contribution is 0.0278. The molecule has 1 amide bonds. The molecule has 1 radical (unpaired) electrons. The Morgan fingerprint density at radius 1 is 1.07 bits per heavy atom. The van der Waals surface area contributed by atoms with Crippen molar-refractivity contribution in [3.63, 3.8) is 0 Å². The molecule has 0 unspecified atom stereocenters. The zero-order valence-corrected chi connectivity index (χ0v) is 18.2. The third-order valence-corrected chi connectivity index (χ3v) is 5.14. The van der Waals surface area contributed by atoms with Gasteiger partial charge in [-0.25, -0.2) is 4.79 Å². The highest BCUT2D eigenvalue weighted by Gasteiger charge is 2.26. The van der Waals surface area contributed by atoms with Crippen molar-refractivity contribution in [1.82, 2.24) is 5.48 Å². The number of hydrogen-bond acceptors (Lipinski definition) is 4. The number of hydrogen-bond donors (Lipinski definition) is 1. The van der Waals surface area contributed by atoms with Crippen LogP contribution in [0.25, 0.3) is 0 Å². The minimum atomic E-state index is -0.638. The summed E-state index contributed by atoms with van der Waals surface area (Å²) in [6, 6.07) is 13.8. The van der Waals surface area contributed by atoms with E-state index in [2.05, 4.69) is 12.4 Å². The van der Waals surface area contributed by atoms with Gasteiger partial charge in [0, 0.05) is 5.56 Å². The minimum absolute atomic E-state index is 0.335. The van der Waals surface area contributed by atoms with Gasteiger partial charge in [-0.1, -0.05) is 55.7 Å². The van der Waals surface area contributed by atoms with Gasteiger partial charge in [-0.05, 0) is 63.6 Å². The van der Waals surface area contributed by atoms with Crippen LogP contribution < -0.4 is 15.1 Å². The Morgan fingerprint density at radius 3 is 2.43 bits per heavy atom. The molecule has 0 bridgehead atoms. The van der Waals surface area contributed by atoms with Crippen molar-refractivity contribution >= 4 is 6.09 Å². The van der Waals surface area contributed by atoms with Crippen molar-refractivity contribution in [3.05, 3.63) is 66.1 Å². The number of ether oxygens (including phenoxy) is 2. The van der Waals surface area contributed by atoms with Crippen LogP contribution in [-0.2, 0) is 11.3 Å². The molecule has 2 aromatic rings. The van der Waals surface area contributed by atoms with E-state index in [1.807, 2.05) is 63.2 Å². The van der Waals surface area contributed by atoms with Crippen LogP contribution in [0.4, 0.5) is 4.79 Å². The number of carbonyl (C=O) groups is 1. The number of amides is 1. The minimum Gasteiger partial charge on any atom is -0.485 e. The molecule has 0 heterocycles. The molecule has 3 rings (SSSR count). The van der Waals surface area contributed by atoms with Crippen LogP contribution in [-0.4, -0.2) is 11.7 Å². The van der Waals surface area contributed by atoms with Crippen LogP contribution in [0.3, 0.4) is 0 Å².